The highest BCUT2D eigenvalue weighted by Crippen LogP contribution is 2.36. The fourth-order valence-electron chi connectivity index (χ4n) is 2.95. The Morgan fingerprint density at radius 1 is 1.32 bits per heavy atom. The van der Waals surface area contributed by atoms with Gasteiger partial charge in [0.25, 0.3) is 0 Å². The number of methoxy groups -OCH3 is 1. The van der Waals surface area contributed by atoms with Gasteiger partial charge in [-0.25, -0.2) is 0 Å². The molecule has 0 aromatic carbocycles. The second kappa shape index (κ2) is 10.1. The van der Waals surface area contributed by atoms with Gasteiger partial charge in [0.1, 0.15) is 0 Å². The molecule has 0 aliphatic heterocycles. The van der Waals surface area contributed by atoms with Crippen LogP contribution in [0.3, 0.4) is 0 Å². The summed E-state index contributed by atoms with van der Waals surface area (Å²) in [6, 6.07) is 0.738. The number of nitrogens with one attached hydrogen (secondary N) is 1. The van der Waals surface area contributed by atoms with E-state index in [1.54, 1.807) is 7.11 Å². The average Bonchev–Trinajstić information content (AvgIpc) is 2.41. The molecule has 0 aromatic heterocycles. The third-order valence-electron chi connectivity index (χ3n) is 4.26. The monoisotopic (exact) mass is 287 g/mol. The van der Waals surface area contributed by atoms with Gasteiger partial charge in [0.2, 0.25) is 0 Å². The molecule has 1 rings (SSSR count). The second-order valence-corrected chi connectivity index (χ2v) is 7.48. The van der Waals surface area contributed by atoms with Gasteiger partial charge in [0.15, 0.2) is 0 Å². The lowest BCUT2D eigenvalue weighted by molar-refractivity contribution is 0.200. The van der Waals surface area contributed by atoms with Gasteiger partial charge in [0, 0.05) is 25.0 Å². The van der Waals surface area contributed by atoms with E-state index in [2.05, 4.69) is 37.8 Å². The predicted octanol–water partition coefficient (Wildman–Crippen LogP) is 3.95. The first-order valence-electron chi connectivity index (χ1n) is 8.02. The van der Waals surface area contributed by atoms with Crippen LogP contribution in [0.1, 0.15) is 52.9 Å². The Bertz CT molecular complexity index is 223. The van der Waals surface area contributed by atoms with Gasteiger partial charge in [-0.15, -0.1) is 0 Å². The molecule has 3 heteroatoms. The van der Waals surface area contributed by atoms with Crippen molar-refractivity contribution in [3.8, 4) is 0 Å². The normalized spacial score (nSPS) is 27.9. The van der Waals surface area contributed by atoms with Gasteiger partial charge < -0.3 is 10.1 Å². The highest BCUT2D eigenvalue weighted by Gasteiger charge is 2.31. The van der Waals surface area contributed by atoms with Crippen molar-refractivity contribution in [2.24, 2.45) is 11.8 Å². The van der Waals surface area contributed by atoms with Gasteiger partial charge in [-0.3, -0.25) is 0 Å². The van der Waals surface area contributed by atoms with Crippen molar-refractivity contribution in [1.82, 2.24) is 5.32 Å². The summed E-state index contributed by atoms with van der Waals surface area (Å²) in [6.45, 7) is 9.11. The number of hydrogen-bond donors (Lipinski definition) is 1. The maximum atomic E-state index is 5.15. The lowest BCUT2D eigenvalue weighted by atomic mass is 9.79. The smallest absolute Gasteiger partial charge is 0.0470 e. The highest BCUT2D eigenvalue weighted by atomic mass is 32.2. The molecule has 0 amide bonds. The Morgan fingerprint density at radius 2 is 2.11 bits per heavy atom. The molecule has 114 valence electrons. The number of hydrogen-bond acceptors (Lipinski definition) is 3. The van der Waals surface area contributed by atoms with E-state index in [4.69, 9.17) is 4.74 Å². The van der Waals surface area contributed by atoms with E-state index >= 15 is 0 Å². The van der Waals surface area contributed by atoms with Crippen LogP contribution in [0, 0.1) is 11.8 Å². The van der Waals surface area contributed by atoms with Crippen LogP contribution in [0.15, 0.2) is 0 Å². The first-order chi connectivity index (χ1) is 9.19. The molecule has 3 atom stereocenters. The third kappa shape index (κ3) is 6.50. The molecule has 1 aliphatic rings. The van der Waals surface area contributed by atoms with E-state index in [-0.39, 0.29) is 0 Å². The van der Waals surface area contributed by atoms with Crippen molar-refractivity contribution in [1.29, 1.82) is 0 Å². The van der Waals surface area contributed by atoms with Crippen LogP contribution in [-0.2, 0) is 4.74 Å². The molecule has 1 N–H and O–H groups in total. The number of thioether (sulfide) groups is 1. The zero-order valence-electron chi connectivity index (χ0n) is 13.3. The topological polar surface area (TPSA) is 21.3 Å². The summed E-state index contributed by atoms with van der Waals surface area (Å²) in [4.78, 5) is 0. The Morgan fingerprint density at radius 3 is 2.74 bits per heavy atom. The van der Waals surface area contributed by atoms with Crippen LogP contribution in [0.2, 0.25) is 0 Å². The summed E-state index contributed by atoms with van der Waals surface area (Å²) in [6.07, 6.45) is 6.60. The zero-order chi connectivity index (χ0) is 14.1. The van der Waals surface area contributed by atoms with E-state index in [1.165, 1.54) is 44.4 Å². The lowest BCUT2D eigenvalue weighted by Crippen LogP contribution is -2.43. The van der Waals surface area contributed by atoms with Crippen molar-refractivity contribution in [2.75, 3.05) is 26.0 Å². The minimum absolute atomic E-state index is 0.738. The first-order valence-corrected chi connectivity index (χ1v) is 9.07. The minimum atomic E-state index is 0.738. The summed E-state index contributed by atoms with van der Waals surface area (Å²) in [5.74, 6) is 3.02. The fourth-order valence-corrected chi connectivity index (χ4v) is 4.39. The molecule has 3 unspecified atom stereocenters. The van der Waals surface area contributed by atoms with Crippen molar-refractivity contribution < 1.29 is 4.74 Å². The maximum absolute atomic E-state index is 5.15. The third-order valence-corrected chi connectivity index (χ3v) is 5.73. The first kappa shape index (κ1) is 17.3. The minimum Gasteiger partial charge on any atom is -0.385 e. The highest BCUT2D eigenvalue weighted by molar-refractivity contribution is 7.99. The molecule has 0 radical (unpaired) electrons. The second-order valence-electron chi connectivity index (χ2n) is 6.13. The summed E-state index contributed by atoms with van der Waals surface area (Å²) in [5.41, 5.74) is 0. The molecule has 0 aromatic rings. The van der Waals surface area contributed by atoms with Crippen LogP contribution in [0.4, 0.5) is 0 Å². The summed E-state index contributed by atoms with van der Waals surface area (Å²) in [5, 5.41) is 4.58. The SMILES string of the molecule is CCCNC1CCC(C(C)C)CC1SCCCOC. The van der Waals surface area contributed by atoms with Gasteiger partial charge in [-0.2, -0.15) is 11.8 Å². The number of rotatable bonds is 9. The van der Waals surface area contributed by atoms with Gasteiger partial charge in [-0.05, 0) is 56.2 Å². The van der Waals surface area contributed by atoms with Crippen LogP contribution < -0.4 is 5.32 Å². The van der Waals surface area contributed by atoms with Crippen molar-refractivity contribution >= 4 is 11.8 Å². The molecule has 19 heavy (non-hydrogen) atoms. The molecular weight excluding hydrogens is 254 g/mol. The van der Waals surface area contributed by atoms with Crippen molar-refractivity contribution in [2.45, 2.75) is 64.2 Å². The van der Waals surface area contributed by atoms with E-state index < -0.39 is 0 Å². The zero-order valence-corrected chi connectivity index (χ0v) is 14.1. The van der Waals surface area contributed by atoms with Crippen LogP contribution in [0.25, 0.3) is 0 Å². The molecule has 0 bridgehead atoms. The molecular formula is C16H33NOS. The van der Waals surface area contributed by atoms with Crippen LogP contribution >= 0.6 is 11.8 Å². The summed E-state index contributed by atoms with van der Waals surface area (Å²) >= 11 is 2.17. The Kier molecular flexibility index (Phi) is 9.17. The molecule has 1 aliphatic carbocycles. The number of ether oxygens (including phenoxy) is 1. The molecule has 1 fully saturated rings. The average molecular weight is 288 g/mol. The van der Waals surface area contributed by atoms with Crippen molar-refractivity contribution in [3.05, 3.63) is 0 Å². The largest absolute Gasteiger partial charge is 0.385 e. The van der Waals surface area contributed by atoms with E-state index in [0.29, 0.717) is 0 Å². The predicted molar refractivity (Wildman–Crippen MR) is 87.0 cm³/mol. The molecule has 1 saturated carbocycles. The van der Waals surface area contributed by atoms with Gasteiger partial charge in [-0.1, -0.05) is 20.8 Å². The maximum Gasteiger partial charge on any atom is 0.0470 e. The quantitative estimate of drug-likeness (QED) is 0.649. The molecule has 2 nitrogen and oxygen atoms in total. The lowest BCUT2D eigenvalue weighted by Gasteiger charge is -2.38. The van der Waals surface area contributed by atoms with E-state index in [1.807, 2.05) is 0 Å². The molecule has 0 saturated heterocycles. The Labute approximate surface area is 124 Å². The Hall–Kier alpha value is 0.270. The summed E-state index contributed by atoms with van der Waals surface area (Å²) < 4.78 is 5.15. The fraction of sp³-hybridized carbons (Fsp3) is 1.00. The van der Waals surface area contributed by atoms with E-state index in [9.17, 15) is 0 Å². The van der Waals surface area contributed by atoms with Crippen molar-refractivity contribution in [3.63, 3.8) is 0 Å². The standard InChI is InChI=1S/C16H33NOS/c1-5-9-17-15-8-7-14(13(2)3)12-16(15)19-11-6-10-18-4/h13-17H,5-12H2,1-4H3. The molecule has 0 heterocycles. The molecule has 0 spiro atoms. The van der Waals surface area contributed by atoms with Crippen LogP contribution in [-0.4, -0.2) is 37.3 Å². The Balaban J connectivity index is 2.40. The summed E-state index contributed by atoms with van der Waals surface area (Å²) in [7, 11) is 1.80. The van der Waals surface area contributed by atoms with Crippen LogP contribution in [0.5, 0.6) is 0 Å². The van der Waals surface area contributed by atoms with Gasteiger partial charge >= 0.3 is 0 Å². The van der Waals surface area contributed by atoms with E-state index in [0.717, 1.165) is 29.7 Å². The van der Waals surface area contributed by atoms with Gasteiger partial charge in [0.05, 0.1) is 0 Å².